The molecule has 1 atom stereocenters. The van der Waals surface area contributed by atoms with Gasteiger partial charge in [0.05, 0.1) is 0 Å². The zero-order valence-electron chi connectivity index (χ0n) is 12.8. The molecule has 0 aliphatic carbocycles. The van der Waals surface area contributed by atoms with Crippen LogP contribution in [0.4, 0.5) is 0 Å². The zero-order chi connectivity index (χ0) is 15.1. The molecular formula is C18H24N2O. The van der Waals surface area contributed by atoms with E-state index >= 15 is 0 Å². The fourth-order valence-electron chi connectivity index (χ4n) is 2.50. The van der Waals surface area contributed by atoms with Gasteiger partial charge in [-0.3, -0.25) is 4.98 Å². The Morgan fingerprint density at radius 1 is 1.10 bits per heavy atom. The van der Waals surface area contributed by atoms with E-state index in [0.717, 1.165) is 13.1 Å². The van der Waals surface area contributed by atoms with Crippen LogP contribution in [0.15, 0.2) is 54.9 Å². The van der Waals surface area contributed by atoms with Crippen molar-refractivity contribution in [3.05, 3.63) is 66.0 Å². The standard InChI is InChI=1S/C18H24N2O/c1-18(2,14-21)17(16-6-4-3-5-7-16)13-20-12-15-8-10-19-11-9-15/h3-11,17,20-21H,12-14H2,1-2H3. The normalized spacial score (nSPS) is 13.1. The van der Waals surface area contributed by atoms with E-state index in [2.05, 4.69) is 48.4 Å². The van der Waals surface area contributed by atoms with Crippen LogP contribution in [-0.2, 0) is 6.54 Å². The molecule has 21 heavy (non-hydrogen) atoms. The van der Waals surface area contributed by atoms with Gasteiger partial charge in [0, 0.05) is 38.0 Å². The van der Waals surface area contributed by atoms with Crippen molar-refractivity contribution in [2.45, 2.75) is 26.3 Å². The average Bonchev–Trinajstić information content (AvgIpc) is 2.53. The second kappa shape index (κ2) is 7.34. The number of pyridine rings is 1. The van der Waals surface area contributed by atoms with E-state index in [4.69, 9.17) is 0 Å². The number of rotatable bonds is 7. The average molecular weight is 284 g/mol. The minimum Gasteiger partial charge on any atom is -0.396 e. The Hall–Kier alpha value is -1.71. The molecule has 1 unspecified atom stereocenters. The van der Waals surface area contributed by atoms with Crippen molar-refractivity contribution in [3.8, 4) is 0 Å². The highest BCUT2D eigenvalue weighted by Gasteiger charge is 2.29. The van der Waals surface area contributed by atoms with E-state index in [1.165, 1.54) is 11.1 Å². The molecule has 3 heteroatoms. The minimum atomic E-state index is -0.160. The molecule has 2 N–H and O–H groups in total. The molecule has 3 nitrogen and oxygen atoms in total. The second-order valence-electron chi connectivity index (χ2n) is 6.10. The maximum absolute atomic E-state index is 9.71. The Bertz CT molecular complexity index is 525. The molecule has 0 saturated heterocycles. The molecule has 1 aromatic heterocycles. The zero-order valence-corrected chi connectivity index (χ0v) is 12.8. The molecule has 0 spiro atoms. The fourth-order valence-corrected chi connectivity index (χ4v) is 2.50. The highest BCUT2D eigenvalue weighted by molar-refractivity contribution is 5.22. The molecule has 1 heterocycles. The van der Waals surface area contributed by atoms with E-state index in [-0.39, 0.29) is 17.9 Å². The Kier molecular flexibility index (Phi) is 5.48. The van der Waals surface area contributed by atoms with Crippen molar-refractivity contribution in [2.24, 2.45) is 5.41 Å². The van der Waals surface area contributed by atoms with Crippen LogP contribution >= 0.6 is 0 Å². The van der Waals surface area contributed by atoms with Gasteiger partial charge in [0.25, 0.3) is 0 Å². The van der Waals surface area contributed by atoms with Crippen molar-refractivity contribution in [1.82, 2.24) is 10.3 Å². The Morgan fingerprint density at radius 2 is 1.76 bits per heavy atom. The van der Waals surface area contributed by atoms with E-state index < -0.39 is 0 Å². The van der Waals surface area contributed by atoms with Crippen LogP contribution in [-0.4, -0.2) is 23.2 Å². The number of nitrogens with zero attached hydrogens (tertiary/aromatic N) is 1. The smallest absolute Gasteiger partial charge is 0.0488 e. The summed E-state index contributed by atoms with van der Waals surface area (Å²) in [6.07, 6.45) is 3.62. The molecule has 112 valence electrons. The summed E-state index contributed by atoms with van der Waals surface area (Å²) >= 11 is 0. The van der Waals surface area contributed by atoms with Crippen LogP contribution in [0, 0.1) is 5.41 Å². The lowest BCUT2D eigenvalue weighted by Gasteiger charge is -2.33. The summed E-state index contributed by atoms with van der Waals surface area (Å²) in [5.74, 6) is 0.269. The van der Waals surface area contributed by atoms with E-state index in [1.807, 2.05) is 30.6 Å². The first kappa shape index (κ1) is 15.7. The van der Waals surface area contributed by atoms with Crippen molar-refractivity contribution in [2.75, 3.05) is 13.2 Å². The second-order valence-corrected chi connectivity index (χ2v) is 6.10. The molecule has 2 rings (SSSR count). The Labute approximate surface area is 127 Å². The number of aromatic nitrogens is 1. The number of benzene rings is 1. The van der Waals surface area contributed by atoms with Gasteiger partial charge in [-0.15, -0.1) is 0 Å². The monoisotopic (exact) mass is 284 g/mol. The van der Waals surface area contributed by atoms with E-state index in [1.54, 1.807) is 0 Å². The van der Waals surface area contributed by atoms with Gasteiger partial charge in [0.15, 0.2) is 0 Å². The molecule has 0 fully saturated rings. The van der Waals surface area contributed by atoms with Crippen molar-refractivity contribution >= 4 is 0 Å². The highest BCUT2D eigenvalue weighted by atomic mass is 16.3. The first-order chi connectivity index (χ1) is 10.1. The van der Waals surface area contributed by atoms with Gasteiger partial charge >= 0.3 is 0 Å². The first-order valence-corrected chi connectivity index (χ1v) is 7.39. The predicted molar refractivity (Wildman–Crippen MR) is 86.0 cm³/mol. The molecule has 2 aromatic rings. The SMILES string of the molecule is CC(C)(CO)C(CNCc1ccncc1)c1ccccc1. The largest absolute Gasteiger partial charge is 0.396 e. The van der Waals surface area contributed by atoms with Crippen LogP contribution in [0.1, 0.15) is 30.9 Å². The van der Waals surface area contributed by atoms with E-state index in [0.29, 0.717) is 0 Å². The maximum atomic E-state index is 9.71. The van der Waals surface area contributed by atoms with Crippen LogP contribution in [0.25, 0.3) is 0 Å². The summed E-state index contributed by atoms with van der Waals surface area (Å²) in [5.41, 5.74) is 2.32. The quantitative estimate of drug-likeness (QED) is 0.821. The van der Waals surface area contributed by atoms with Crippen molar-refractivity contribution in [1.29, 1.82) is 0 Å². The molecule has 0 aliphatic rings. The summed E-state index contributed by atoms with van der Waals surface area (Å²) in [7, 11) is 0. The van der Waals surface area contributed by atoms with Crippen LogP contribution in [0.3, 0.4) is 0 Å². The summed E-state index contributed by atoms with van der Waals surface area (Å²) in [5, 5.41) is 13.2. The lowest BCUT2D eigenvalue weighted by molar-refractivity contribution is 0.129. The number of nitrogens with one attached hydrogen (secondary N) is 1. The third-order valence-corrected chi connectivity index (χ3v) is 3.98. The van der Waals surface area contributed by atoms with Gasteiger partial charge in [-0.05, 0) is 28.7 Å². The minimum absolute atomic E-state index is 0.160. The van der Waals surface area contributed by atoms with Crippen molar-refractivity contribution in [3.63, 3.8) is 0 Å². The maximum Gasteiger partial charge on any atom is 0.0488 e. The summed E-state index contributed by atoms with van der Waals surface area (Å²) in [4.78, 5) is 4.03. The van der Waals surface area contributed by atoms with Crippen LogP contribution < -0.4 is 5.32 Å². The Morgan fingerprint density at radius 3 is 2.38 bits per heavy atom. The number of aliphatic hydroxyl groups excluding tert-OH is 1. The molecule has 1 aromatic carbocycles. The highest BCUT2D eigenvalue weighted by Crippen LogP contribution is 2.34. The summed E-state index contributed by atoms with van der Waals surface area (Å²) in [6, 6.07) is 14.4. The third-order valence-electron chi connectivity index (χ3n) is 3.98. The third kappa shape index (κ3) is 4.38. The summed E-state index contributed by atoms with van der Waals surface area (Å²) in [6.45, 7) is 6.04. The number of hydrogen-bond acceptors (Lipinski definition) is 3. The summed E-state index contributed by atoms with van der Waals surface area (Å²) < 4.78 is 0. The molecule has 0 aliphatic heterocycles. The number of aliphatic hydroxyl groups is 1. The molecule has 0 amide bonds. The van der Waals surface area contributed by atoms with Gasteiger partial charge in [-0.25, -0.2) is 0 Å². The van der Waals surface area contributed by atoms with Gasteiger partial charge < -0.3 is 10.4 Å². The predicted octanol–water partition coefficient (Wildman–Crippen LogP) is 2.97. The van der Waals surface area contributed by atoms with Gasteiger partial charge in [0.1, 0.15) is 0 Å². The van der Waals surface area contributed by atoms with Gasteiger partial charge in [-0.1, -0.05) is 44.2 Å². The molecule has 0 saturated carbocycles. The first-order valence-electron chi connectivity index (χ1n) is 7.39. The molecule has 0 bridgehead atoms. The lowest BCUT2D eigenvalue weighted by Crippen LogP contribution is -2.34. The van der Waals surface area contributed by atoms with Gasteiger partial charge in [-0.2, -0.15) is 0 Å². The molecule has 0 radical (unpaired) electrons. The molecular weight excluding hydrogens is 260 g/mol. The van der Waals surface area contributed by atoms with Gasteiger partial charge in [0.2, 0.25) is 0 Å². The van der Waals surface area contributed by atoms with E-state index in [9.17, 15) is 5.11 Å². The lowest BCUT2D eigenvalue weighted by atomic mass is 9.75. The fraction of sp³-hybridized carbons (Fsp3) is 0.389. The number of hydrogen-bond donors (Lipinski definition) is 2. The van der Waals surface area contributed by atoms with Crippen LogP contribution in [0.2, 0.25) is 0 Å². The van der Waals surface area contributed by atoms with Crippen LogP contribution in [0.5, 0.6) is 0 Å². The van der Waals surface area contributed by atoms with Crippen molar-refractivity contribution < 1.29 is 5.11 Å². The topological polar surface area (TPSA) is 45.1 Å². The Balaban J connectivity index is 2.03.